The molecule has 4 aromatic rings. The van der Waals surface area contributed by atoms with Gasteiger partial charge < -0.3 is 10.1 Å². The maximum atomic E-state index is 9.14. The molecule has 5 rings (SSSR count). The van der Waals surface area contributed by atoms with Gasteiger partial charge in [-0.15, -0.1) is 10.2 Å². The Balaban J connectivity index is 1.58. The highest BCUT2D eigenvalue weighted by Crippen LogP contribution is 2.36. The van der Waals surface area contributed by atoms with Crippen LogP contribution >= 0.6 is 11.3 Å². The minimum absolute atomic E-state index is 0.0606. The molecule has 0 saturated carbocycles. The van der Waals surface area contributed by atoms with E-state index in [1.54, 1.807) is 22.0 Å². The molecule has 0 unspecified atom stereocenters. The Hall–Kier alpha value is -3.35. The van der Waals surface area contributed by atoms with Crippen LogP contribution in [-0.2, 0) is 10.2 Å². The average Bonchev–Trinajstić information content (AvgIpc) is 3.53. The zero-order valence-corrected chi connectivity index (χ0v) is 19.0. The lowest BCUT2D eigenvalue weighted by Crippen LogP contribution is -2.19. The van der Waals surface area contributed by atoms with Gasteiger partial charge in [-0.1, -0.05) is 32.1 Å². The van der Waals surface area contributed by atoms with Gasteiger partial charge in [0, 0.05) is 23.9 Å². The quantitative estimate of drug-likeness (QED) is 0.500. The van der Waals surface area contributed by atoms with Gasteiger partial charge in [0.25, 0.3) is 0 Å². The summed E-state index contributed by atoms with van der Waals surface area (Å²) in [6.45, 7) is 7.84. The molecule has 32 heavy (non-hydrogen) atoms. The lowest BCUT2D eigenvalue weighted by molar-refractivity contribution is 0.195. The van der Waals surface area contributed by atoms with E-state index in [1.807, 2.05) is 30.5 Å². The van der Waals surface area contributed by atoms with Crippen molar-refractivity contribution in [2.24, 2.45) is 0 Å². The van der Waals surface area contributed by atoms with Gasteiger partial charge in [0.1, 0.15) is 11.1 Å². The van der Waals surface area contributed by atoms with Crippen LogP contribution in [0.25, 0.3) is 27.5 Å². The first kappa shape index (κ1) is 20.5. The van der Waals surface area contributed by atoms with Crippen molar-refractivity contribution in [3.05, 3.63) is 47.2 Å². The fraction of sp³-hybridized carbons (Fsp3) is 0.348. The molecule has 0 radical (unpaired) electrons. The van der Waals surface area contributed by atoms with E-state index in [0.717, 1.165) is 51.2 Å². The Morgan fingerprint density at radius 2 is 2.09 bits per heavy atom. The van der Waals surface area contributed by atoms with Crippen molar-refractivity contribution < 1.29 is 4.74 Å². The number of nitriles is 1. The number of rotatable bonds is 4. The Bertz CT molecular complexity index is 1320. The lowest BCUT2D eigenvalue weighted by Gasteiger charge is -2.16. The predicted molar refractivity (Wildman–Crippen MR) is 124 cm³/mol. The van der Waals surface area contributed by atoms with Crippen LogP contribution in [0.4, 0.5) is 5.69 Å². The third-order valence-electron chi connectivity index (χ3n) is 5.38. The third kappa shape index (κ3) is 3.83. The normalized spacial score (nSPS) is 16.4. The number of fused-ring (bicyclic) bond motifs is 1. The topological polar surface area (TPSA) is 101 Å². The van der Waals surface area contributed by atoms with E-state index in [9.17, 15) is 0 Å². The Morgan fingerprint density at radius 3 is 2.81 bits per heavy atom. The van der Waals surface area contributed by atoms with Gasteiger partial charge in [0.2, 0.25) is 0 Å². The van der Waals surface area contributed by atoms with Crippen molar-refractivity contribution in [1.29, 1.82) is 5.26 Å². The number of pyridine rings is 1. The second-order valence-corrected chi connectivity index (χ2v) is 9.87. The van der Waals surface area contributed by atoms with Crippen LogP contribution in [0.15, 0.2) is 36.7 Å². The predicted octanol–water partition coefficient (Wildman–Crippen LogP) is 4.28. The molecule has 0 aliphatic carbocycles. The van der Waals surface area contributed by atoms with Gasteiger partial charge in [0.15, 0.2) is 5.01 Å². The molecule has 0 bridgehead atoms. The molecule has 0 amide bonds. The fourth-order valence-electron chi connectivity index (χ4n) is 3.64. The SMILES string of the molecule is CC(C)(C)c1nnc(-c2cnc(-c3ccc4cc(C#N)cnn34)cc2N[C@H]2CCOC2)s1. The highest BCUT2D eigenvalue weighted by atomic mass is 32.1. The van der Waals surface area contributed by atoms with Gasteiger partial charge in [0.05, 0.1) is 46.9 Å². The number of hydrogen-bond donors (Lipinski definition) is 1. The molecule has 4 aromatic heterocycles. The fourth-order valence-corrected chi connectivity index (χ4v) is 4.57. The summed E-state index contributed by atoms with van der Waals surface area (Å²) in [5, 5.41) is 27.9. The van der Waals surface area contributed by atoms with E-state index in [-0.39, 0.29) is 11.5 Å². The van der Waals surface area contributed by atoms with Gasteiger partial charge >= 0.3 is 0 Å². The van der Waals surface area contributed by atoms with Crippen molar-refractivity contribution in [2.45, 2.75) is 38.6 Å². The summed E-state index contributed by atoms with van der Waals surface area (Å²) in [6.07, 6.45) is 4.37. The molecule has 1 aliphatic rings. The first-order chi connectivity index (χ1) is 15.4. The van der Waals surface area contributed by atoms with E-state index in [1.165, 1.54) is 0 Å². The van der Waals surface area contributed by atoms with Crippen molar-refractivity contribution >= 4 is 22.5 Å². The minimum atomic E-state index is -0.0606. The van der Waals surface area contributed by atoms with E-state index >= 15 is 0 Å². The number of nitrogens with one attached hydrogen (secondary N) is 1. The molecule has 8 nitrogen and oxygen atoms in total. The molecule has 1 saturated heterocycles. The van der Waals surface area contributed by atoms with Gasteiger partial charge in [-0.3, -0.25) is 4.98 Å². The summed E-state index contributed by atoms with van der Waals surface area (Å²) >= 11 is 1.59. The lowest BCUT2D eigenvalue weighted by atomic mass is 9.98. The van der Waals surface area contributed by atoms with Gasteiger partial charge in [-0.2, -0.15) is 10.4 Å². The summed E-state index contributed by atoms with van der Waals surface area (Å²) in [4.78, 5) is 4.74. The van der Waals surface area contributed by atoms with Crippen molar-refractivity contribution in [1.82, 2.24) is 24.8 Å². The number of aromatic nitrogens is 5. The number of hydrogen-bond acceptors (Lipinski definition) is 8. The number of nitrogens with zero attached hydrogens (tertiary/aromatic N) is 6. The molecule has 0 aromatic carbocycles. The number of ether oxygens (including phenoxy) is 1. The van der Waals surface area contributed by atoms with Crippen LogP contribution in [0.1, 0.15) is 37.8 Å². The largest absolute Gasteiger partial charge is 0.379 e. The van der Waals surface area contributed by atoms with E-state index < -0.39 is 0 Å². The molecule has 1 fully saturated rings. The first-order valence-corrected chi connectivity index (χ1v) is 11.3. The van der Waals surface area contributed by atoms with E-state index in [0.29, 0.717) is 12.2 Å². The van der Waals surface area contributed by atoms with Crippen molar-refractivity contribution in [3.8, 4) is 28.0 Å². The standard InChI is InChI=1S/C23H23N7OS/c1-23(2,3)22-29-28-21(32-22)17-12-25-19(9-18(17)27-15-6-7-31-13-15)20-5-4-16-8-14(10-24)11-26-30(16)20/h4-5,8-9,11-12,15H,6-7,13H2,1-3H3,(H,25,27)/t15-/m0/s1. The van der Waals surface area contributed by atoms with Crippen LogP contribution in [0.3, 0.4) is 0 Å². The molecular formula is C23H23N7OS. The summed E-state index contributed by atoms with van der Waals surface area (Å²) in [6, 6.07) is 10.1. The first-order valence-electron chi connectivity index (χ1n) is 10.5. The Labute approximate surface area is 189 Å². The molecule has 1 aliphatic heterocycles. The van der Waals surface area contributed by atoms with Gasteiger partial charge in [-0.25, -0.2) is 4.52 Å². The van der Waals surface area contributed by atoms with Crippen LogP contribution < -0.4 is 5.32 Å². The average molecular weight is 446 g/mol. The zero-order chi connectivity index (χ0) is 22.3. The Morgan fingerprint density at radius 1 is 1.22 bits per heavy atom. The maximum Gasteiger partial charge on any atom is 0.151 e. The highest BCUT2D eigenvalue weighted by Gasteiger charge is 2.23. The summed E-state index contributed by atoms with van der Waals surface area (Å²) in [5.41, 5.74) is 4.83. The van der Waals surface area contributed by atoms with Gasteiger partial charge in [-0.05, 0) is 30.7 Å². The van der Waals surface area contributed by atoms with Crippen molar-refractivity contribution in [2.75, 3.05) is 18.5 Å². The molecule has 1 N–H and O–H groups in total. The number of anilines is 1. The minimum Gasteiger partial charge on any atom is -0.379 e. The van der Waals surface area contributed by atoms with E-state index in [2.05, 4.69) is 47.5 Å². The summed E-state index contributed by atoms with van der Waals surface area (Å²) in [5.74, 6) is 0. The summed E-state index contributed by atoms with van der Waals surface area (Å²) in [7, 11) is 0. The summed E-state index contributed by atoms with van der Waals surface area (Å²) < 4.78 is 7.36. The molecule has 0 spiro atoms. The zero-order valence-electron chi connectivity index (χ0n) is 18.2. The Kier molecular flexibility index (Phi) is 5.12. The highest BCUT2D eigenvalue weighted by molar-refractivity contribution is 7.14. The second-order valence-electron chi connectivity index (χ2n) is 8.89. The molecule has 5 heterocycles. The second kappa shape index (κ2) is 7.97. The maximum absolute atomic E-state index is 9.14. The van der Waals surface area contributed by atoms with Crippen LogP contribution in [0.5, 0.6) is 0 Å². The smallest absolute Gasteiger partial charge is 0.151 e. The van der Waals surface area contributed by atoms with E-state index in [4.69, 9.17) is 15.0 Å². The van der Waals surface area contributed by atoms with Crippen molar-refractivity contribution in [3.63, 3.8) is 0 Å². The van der Waals surface area contributed by atoms with Crippen LogP contribution in [-0.4, -0.2) is 44.1 Å². The molecule has 9 heteroatoms. The van der Waals surface area contributed by atoms with Crippen LogP contribution in [0.2, 0.25) is 0 Å². The molecule has 1 atom stereocenters. The molecule has 162 valence electrons. The monoisotopic (exact) mass is 445 g/mol. The molecular weight excluding hydrogens is 422 g/mol. The van der Waals surface area contributed by atoms with Crippen LogP contribution in [0, 0.1) is 11.3 Å². The third-order valence-corrected chi connectivity index (χ3v) is 6.76.